The van der Waals surface area contributed by atoms with E-state index in [9.17, 15) is 0 Å². The number of fused-ring (bicyclic) bond motifs is 3. The fourth-order valence-electron chi connectivity index (χ4n) is 5.89. The monoisotopic (exact) mass is 814 g/mol. The second kappa shape index (κ2) is 14.5. The summed E-state index contributed by atoms with van der Waals surface area (Å²) in [5.74, 6) is 0. The molecule has 4 aromatic heterocycles. The summed E-state index contributed by atoms with van der Waals surface area (Å²) >= 11 is 0. The van der Waals surface area contributed by atoms with Gasteiger partial charge in [0, 0.05) is 43.5 Å². The van der Waals surface area contributed by atoms with Gasteiger partial charge in [-0.25, -0.2) is 4.98 Å². The van der Waals surface area contributed by atoms with Crippen molar-refractivity contribution in [3.05, 3.63) is 174 Å². The summed E-state index contributed by atoms with van der Waals surface area (Å²) in [7, 11) is 0. The molecule has 243 valence electrons. The van der Waals surface area contributed by atoms with Gasteiger partial charge in [-0.05, 0) is 65.0 Å². The molecule has 49 heavy (non-hydrogen) atoms. The molecule has 0 N–H and O–H groups in total. The Balaban J connectivity index is 0.000000250. The van der Waals surface area contributed by atoms with E-state index in [1.807, 2.05) is 73.9 Å². The fraction of sp³-hybridized carbons (Fsp3) is 0.114. The summed E-state index contributed by atoms with van der Waals surface area (Å²) in [5.41, 5.74) is 12.9. The Bertz CT molecular complexity index is 2320. The van der Waals surface area contributed by atoms with Gasteiger partial charge in [-0.15, -0.1) is 59.7 Å². The van der Waals surface area contributed by atoms with E-state index in [-0.39, 0.29) is 25.5 Å². The summed E-state index contributed by atoms with van der Waals surface area (Å²) in [6.07, 6.45) is 3.82. The molecule has 0 atom stereocenters. The van der Waals surface area contributed by atoms with E-state index in [1.54, 1.807) is 0 Å². The summed E-state index contributed by atoms with van der Waals surface area (Å²) in [5, 5.41) is 0.978. The van der Waals surface area contributed by atoms with Crippen molar-refractivity contribution < 1.29 is 24.5 Å². The van der Waals surface area contributed by atoms with Crippen LogP contribution in [0.25, 0.3) is 55.7 Å². The van der Waals surface area contributed by atoms with Crippen LogP contribution in [0.2, 0.25) is 0 Å². The Morgan fingerprint density at radius 3 is 2.08 bits per heavy atom. The van der Waals surface area contributed by atoms with Crippen molar-refractivity contribution >= 4 is 22.1 Å². The molecule has 5 heteroatoms. The van der Waals surface area contributed by atoms with Crippen LogP contribution in [0.1, 0.15) is 36.2 Å². The minimum absolute atomic E-state index is 0. The topological polar surface area (TPSA) is 51.8 Å². The minimum atomic E-state index is -0.227. The third-order valence-electron chi connectivity index (χ3n) is 8.75. The number of nitrogens with zero attached hydrogens (tertiary/aromatic N) is 3. The van der Waals surface area contributed by atoms with Gasteiger partial charge in [0.1, 0.15) is 5.58 Å². The van der Waals surface area contributed by atoms with Crippen LogP contribution in [0.3, 0.4) is 0 Å². The molecule has 0 spiro atoms. The Morgan fingerprint density at radius 1 is 0.653 bits per heavy atom. The van der Waals surface area contributed by atoms with Crippen LogP contribution < -0.4 is 0 Å². The van der Waals surface area contributed by atoms with Crippen LogP contribution in [0, 0.1) is 26.0 Å². The Morgan fingerprint density at radius 2 is 1.39 bits per heavy atom. The molecule has 4 heterocycles. The zero-order valence-corrected chi connectivity index (χ0v) is 30.3. The third-order valence-corrected chi connectivity index (χ3v) is 8.75. The molecule has 0 aliphatic rings. The number of benzene rings is 4. The van der Waals surface area contributed by atoms with Gasteiger partial charge in [0.05, 0.1) is 16.8 Å². The van der Waals surface area contributed by atoms with Crippen molar-refractivity contribution in [2.75, 3.05) is 0 Å². The number of rotatable bonds is 5. The number of hydrogen-bond acceptors (Lipinski definition) is 4. The first kappa shape index (κ1) is 33.7. The van der Waals surface area contributed by atoms with Crippen molar-refractivity contribution in [3.8, 4) is 33.6 Å². The molecule has 0 unspecified atom stereocenters. The van der Waals surface area contributed by atoms with Gasteiger partial charge < -0.3 is 14.4 Å². The maximum absolute atomic E-state index is 6.10. The number of furan rings is 1. The SMILES string of the molecule is Cc1cc(-c2[c-]cc3oc4ccc(C(C)(C)c5ccccc5)nc4c3c2)ncc1-c1ccccc1.Cc1ccc(-c2[c-]cccc2)nc1.[Ir]. The summed E-state index contributed by atoms with van der Waals surface area (Å²) < 4.78 is 6.10. The second-order valence-electron chi connectivity index (χ2n) is 12.5. The molecule has 8 aromatic rings. The first-order valence-corrected chi connectivity index (χ1v) is 16.1. The van der Waals surface area contributed by atoms with Gasteiger partial charge in [-0.2, -0.15) is 0 Å². The average molecular weight is 814 g/mol. The van der Waals surface area contributed by atoms with Crippen molar-refractivity contribution in [3.63, 3.8) is 0 Å². The predicted molar refractivity (Wildman–Crippen MR) is 196 cm³/mol. The standard InChI is InChI=1S/C32H25N2O.C12H10N.Ir/c1-21-18-27(33-20-26(21)22-10-6-4-7-11-22)23-14-15-28-25(19-23)31-29(35-28)16-17-30(34-31)32(2,3)24-12-8-5-9-13-24;1-10-7-8-12(13-9-10)11-5-3-2-4-6-11;/h4-13,15-20H,1-3H3;2-5,7-9H,1H3;/q2*-1;. The zero-order valence-electron chi connectivity index (χ0n) is 27.9. The number of aryl methyl sites for hydroxylation is 2. The van der Waals surface area contributed by atoms with E-state index in [0.29, 0.717) is 0 Å². The summed E-state index contributed by atoms with van der Waals surface area (Å²) in [6.45, 7) is 8.57. The van der Waals surface area contributed by atoms with Gasteiger partial charge in [-0.3, -0.25) is 0 Å². The molecule has 0 bridgehead atoms. The quantitative estimate of drug-likeness (QED) is 0.162. The molecule has 0 aliphatic heterocycles. The zero-order chi connectivity index (χ0) is 33.1. The molecular formula is C44H35IrN3O-2. The van der Waals surface area contributed by atoms with E-state index in [2.05, 4.69) is 111 Å². The van der Waals surface area contributed by atoms with E-state index < -0.39 is 0 Å². The minimum Gasteiger partial charge on any atom is -0.499 e. The maximum atomic E-state index is 6.10. The summed E-state index contributed by atoms with van der Waals surface area (Å²) in [6, 6.07) is 49.5. The van der Waals surface area contributed by atoms with Gasteiger partial charge in [0.15, 0.2) is 0 Å². The Kier molecular flexibility index (Phi) is 9.96. The van der Waals surface area contributed by atoms with E-state index >= 15 is 0 Å². The molecule has 1 radical (unpaired) electrons. The number of pyridine rings is 3. The average Bonchev–Trinajstić information content (AvgIpc) is 3.51. The fourth-order valence-corrected chi connectivity index (χ4v) is 5.89. The largest absolute Gasteiger partial charge is 0.499 e. The summed E-state index contributed by atoms with van der Waals surface area (Å²) in [4.78, 5) is 14.2. The molecule has 0 saturated carbocycles. The molecule has 4 aromatic carbocycles. The number of hydrogen-bond donors (Lipinski definition) is 0. The van der Waals surface area contributed by atoms with Gasteiger partial charge >= 0.3 is 0 Å². The van der Waals surface area contributed by atoms with Crippen LogP contribution >= 0.6 is 0 Å². The number of aromatic nitrogens is 3. The van der Waals surface area contributed by atoms with E-state index in [0.717, 1.165) is 55.8 Å². The van der Waals surface area contributed by atoms with Gasteiger partial charge in [0.2, 0.25) is 0 Å². The third kappa shape index (κ3) is 7.15. The van der Waals surface area contributed by atoms with E-state index in [4.69, 9.17) is 14.4 Å². The smallest absolute Gasteiger partial charge is 0.139 e. The Hall–Kier alpha value is -5.22. The first-order valence-electron chi connectivity index (χ1n) is 16.1. The van der Waals surface area contributed by atoms with Crippen molar-refractivity contribution in [2.45, 2.75) is 33.1 Å². The van der Waals surface area contributed by atoms with Crippen LogP contribution in [0.4, 0.5) is 0 Å². The normalized spacial score (nSPS) is 11.1. The molecule has 8 rings (SSSR count). The maximum Gasteiger partial charge on any atom is 0.139 e. The van der Waals surface area contributed by atoms with Crippen LogP contribution in [0.15, 0.2) is 144 Å². The van der Waals surface area contributed by atoms with Crippen molar-refractivity contribution in [2.24, 2.45) is 0 Å². The van der Waals surface area contributed by atoms with Crippen LogP contribution in [-0.2, 0) is 25.5 Å². The van der Waals surface area contributed by atoms with Crippen LogP contribution in [-0.4, -0.2) is 15.0 Å². The van der Waals surface area contributed by atoms with Crippen LogP contribution in [0.5, 0.6) is 0 Å². The second-order valence-corrected chi connectivity index (χ2v) is 12.5. The van der Waals surface area contributed by atoms with E-state index in [1.165, 1.54) is 22.3 Å². The van der Waals surface area contributed by atoms with Crippen molar-refractivity contribution in [1.29, 1.82) is 0 Å². The first-order chi connectivity index (χ1) is 23.4. The van der Waals surface area contributed by atoms with Crippen molar-refractivity contribution in [1.82, 2.24) is 15.0 Å². The molecule has 4 nitrogen and oxygen atoms in total. The molecule has 0 saturated heterocycles. The molecular weight excluding hydrogens is 779 g/mol. The van der Waals surface area contributed by atoms with Gasteiger partial charge in [0.25, 0.3) is 0 Å². The molecule has 0 amide bonds. The predicted octanol–water partition coefficient (Wildman–Crippen LogP) is 11.0. The molecule has 0 fully saturated rings. The Labute approximate surface area is 301 Å². The molecule has 0 aliphatic carbocycles. The van der Waals surface area contributed by atoms with Gasteiger partial charge in [-0.1, -0.05) is 92.7 Å².